The molecule has 0 unspecified atom stereocenters. The zero-order valence-corrected chi connectivity index (χ0v) is 13.7. The van der Waals surface area contributed by atoms with Gasteiger partial charge in [0.15, 0.2) is 0 Å². The minimum atomic E-state index is -0.188. The molecule has 6 heteroatoms. The Hall–Kier alpha value is -2.79. The van der Waals surface area contributed by atoms with Gasteiger partial charge in [-0.25, -0.2) is 15.0 Å². The summed E-state index contributed by atoms with van der Waals surface area (Å²) in [6.45, 7) is 1.93. The molecule has 1 N–H and O–H groups in total. The first-order valence-electron chi connectivity index (χ1n) is 7.41. The van der Waals surface area contributed by atoms with Gasteiger partial charge in [0.25, 0.3) is 5.91 Å². The summed E-state index contributed by atoms with van der Waals surface area (Å²) in [4.78, 5) is 24.2. The Labute approximate surface area is 144 Å². The van der Waals surface area contributed by atoms with Crippen LogP contribution in [0.1, 0.15) is 28.9 Å². The highest BCUT2D eigenvalue weighted by Gasteiger charge is 2.12. The van der Waals surface area contributed by atoms with Crippen LogP contribution in [0, 0.1) is 0 Å². The van der Waals surface area contributed by atoms with E-state index in [0.717, 1.165) is 16.7 Å². The topological polar surface area (TPSA) is 67.8 Å². The fraction of sp³-hybridized carbons (Fsp3) is 0.111. The Morgan fingerprint density at radius 1 is 1.08 bits per heavy atom. The molecule has 0 saturated carbocycles. The van der Waals surface area contributed by atoms with Crippen molar-refractivity contribution in [2.24, 2.45) is 0 Å². The third kappa shape index (κ3) is 3.75. The first-order chi connectivity index (χ1) is 11.6. The summed E-state index contributed by atoms with van der Waals surface area (Å²) in [7, 11) is 0. The number of hydrogen-bond acceptors (Lipinski definition) is 4. The smallest absolute Gasteiger partial charge is 0.251 e. The van der Waals surface area contributed by atoms with E-state index in [4.69, 9.17) is 11.6 Å². The molecule has 0 aliphatic heterocycles. The Morgan fingerprint density at radius 3 is 2.46 bits per heavy atom. The Kier molecular flexibility index (Phi) is 4.82. The molecule has 0 fully saturated rings. The van der Waals surface area contributed by atoms with Gasteiger partial charge in [-0.1, -0.05) is 35.9 Å². The number of carbonyl (C=O) groups excluding carboxylic acids is 1. The molecule has 2 heterocycles. The molecule has 0 spiro atoms. The van der Waals surface area contributed by atoms with Crippen LogP contribution in [0.2, 0.25) is 5.15 Å². The maximum atomic E-state index is 12.3. The van der Waals surface area contributed by atoms with Gasteiger partial charge in [-0.2, -0.15) is 0 Å². The Morgan fingerprint density at radius 2 is 1.79 bits per heavy atom. The van der Waals surface area contributed by atoms with E-state index >= 15 is 0 Å². The lowest BCUT2D eigenvalue weighted by Gasteiger charge is -2.15. The minimum Gasteiger partial charge on any atom is -0.346 e. The lowest BCUT2D eigenvalue weighted by atomic mass is 10.0. The summed E-state index contributed by atoms with van der Waals surface area (Å²) in [5, 5.41) is 3.24. The fourth-order valence-electron chi connectivity index (χ4n) is 2.32. The van der Waals surface area contributed by atoms with Crippen molar-refractivity contribution in [1.29, 1.82) is 0 Å². The van der Waals surface area contributed by atoms with Gasteiger partial charge in [-0.15, -0.1) is 0 Å². The largest absolute Gasteiger partial charge is 0.346 e. The van der Waals surface area contributed by atoms with Gasteiger partial charge in [0.1, 0.15) is 11.5 Å². The van der Waals surface area contributed by atoms with Crippen molar-refractivity contribution in [3.05, 3.63) is 77.6 Å². The second-order valence-electron chi connectivity index (χ2n) is 5.31. The number of nitrogens with one attached hydrogen (secondary N) is 1. The van der Waals surface area contributed by atoms with Crippen molar-refractivity contribution < 1.29 is 4.79 Å². The predicted octanol–water partition coefficient (Wildman–Crippen LogP) is 3.68. The van der Waals surface area contributed by atoms with Gasteiger partial charge in [0, 0.05) is 29.7 Å². The van der Waals surface area contributed by atoms with Crippen LogP contribution in [0.3, 0.4) is 0 Å². The third-order valence-corrected chi connectivity index (χ3v) is 3.85. The molecule has 0 aliphatic rings. The number of rotatable bonds is 4. The minimum absolute atomic E-state index is 0.134. The van der Waals surface area contributed by atoms with Crippen molar-refractivity contribution in [3.63, 3.8) is 0 Å². The monoisotopic (exact) mass is 338 g/mol. The second-order valence-corrected chi connectivity index (χ2v) is 5.70. The van der Waals surface area contributed by atoms with Gasteiger partial charge in [0.05, 0.1) is 6.04 Å². The van der Waals surface area contributed by atoms with E-state index in [1.54, 1.807) is 24.5 Å². The van der Waals surface area contributed by atoms with Crippen LogP contribution in [0.4, 0.5) is 0 Å². The van der Waals surface area contributed by atoms with Crippen LogP contribution in [-0.4, -0.2) is 20.9 Å². The average molecular weight is 339 g/mol. The molecule has 3 aromatic rings. The van der Waals surface area contributed by atoms with Crippen molar-refractivity contribution >= 4 is 17.5 Å². The SMILES string of the molecule is C[C@@H](NC(=O)c1ccnc(Cl)c1)c1ccc(-c2cncnc2)cc1. The molecule has 0 saturated heterocycles. The number of benzene rings is 1. The van der Waals surface area contributed by atoms with Crippen LogP contribution in [0.25, 0.3) is 11.1 Å². The van der Waals surface area contributed by atoms with E-state index in [2.05, 4.69) is 20.3 Å². The number of carbonyl (C=O) groups is 1. The molecule has 0 aliphatic carbocycles. The number of amides is 1. The normalized spacial score (nSPS) is 11.8. The number of aromatic nitrogens is 3. The molecule has 3 rings (SSSR count). The van der Waals surface area contributed by atoms with Gasteiger partial charge >= 0.3 is 0 Å². The van der Waals surface area contributed by atoms with E-state index in [9.17, 15) is 4.79 Å². The maximum absolute atomic E-state index is 12.3. The molecule has 1 amide bonds. The zero-order chi connectivity index (χ0) is 16.9. The van der Waals surface area contributed by atoms with Crippen LogP contribution in [0.15, 0.2) is 61.3 Å². The average Bonchev–Trinajstić information content (AvgIpc) is 2.62. The summed E-state index contributed by atoms with van der Waals surface area (Å²) in [6.07, 6.45) is 6.54. The van der Waals surface area contributed by atoms with Crippen LogP contribution in [-0.2, 0) is 0 Å². The molecular formula is C18H15ClN4O. The second kappa shape index (κ2) is 7.19. The van der Waals surface area contributed by atoms with Gasteiger partial charge in [-0.05, 0) is 30.2 Å². The lowest BCUT2D eigenvalue weighted by molar-refractivity contribution is 0.0940. The summed E-state index contributed by atoms with van der Waals surface area (Å²) in [5.41, 5.74) is 3.47. The summed E-state index contributed by atoms with van der Waals surface area (Å²) < 4.78 is 0. The van der Waals surface area contributed by atoms with Crippen LogP contribution in [0.5, 0.6) is 0 Å². The summed E-state index contributed by atoms with van der Waals surface area (Å²) in [5.74, 6) is -0.188. The van der Waals surface area contributed by atoms with E-state index < -0.39 is 0 Å². The molecule has 2 aromatic heterocycles. The number of nitrogens with zero attached hydrogens (tertiary/aromatic N) is 3. The standard InChI is InChI=1S/C18H15ClN4O/c1-12(23-18(24)15-6-7-22-17(19)8-15)13-2-4-14(5-3-13)16-9-20-11-21-10-16/h2-12H,1H3,(H,23,24)/t12-/m1/s1. The summed E-state index contributed by atoms with van der Waals surface area (Å²) >= 11 is 5.82. The highest BCUT2D eigenvalue weighted by molar-refractivity contribution is 6.29. The molecule has 1 aromatic carbocycles. The van der Waals surface area contributed by atoms with Crippen molar-refractivity contribution in [1.82, 2.24) is 20.3 Å². The number of hydrogen-bond donors (Lipinski definition) is 1. The first-order valence-corrected chi connectivity index (χ1v) is 7.79. The highest BCUT2D eigenvalue weighted by Crippen LogP contribution is 2.21. The molecular weight excluding hydrogens is 324 g/mol. The van der Waals surface area contributed by atoms with Crippen molar-refractivity contribution in [2.45, 2.75) is 13.0 Å². The van der Waals surface area contributed by atoms with Gasteiger partial charge < -0.3 is 5.32 Å². The van der Waals surface area contributed by atoms with E-state index in [-0.39, 0.29) is 11.9 Å². The van der Waals surface area contributed by atoms with Gasteiger partial charge in [-0.3, -0.25) is 4.79 Å². The quantitative estimate of drug-likeness (QED) is 0.737. The fourth-order valence-corrected chi connectivity index (χ4v) is 2.49. The molecule has 24 heavy (non-hydrogen) atoms. The molecule has 0 bridgehead atoms. The Bertz CT molecular complexity index is 837. The van der Waals surface area contributed by atoms with E-state index in [1.165, 1.54) is 12.5 Å². The zero-order valence-electron chi connectivity index (χ0n) is 13.0. The lowest BCUT2D eigenvalue weighted by Crippen LogP contribution is -2.26. The van der Waals surface area contributed by atoms with Crippen molar-refractivity contribution in [2.75, 3.05) is 0 Å². The molecule has 0 radical (unpaired) electrons. The van der Waals surface area contributed by atoms with Crippen LogP contribution < -0.4 is 5.32 Å². The highest BCUT2D eigenvalue weighted by atomic mass is 35.5. The maximum Gasteiger partial charge on any atom is 0.251 e. The third-order valence-electron chi connectivity index (χ3n) is 3.64. The van der Waals surface area contributed by atoms with Crippen LogP contribution >= 0.6 is 11.6 Å². The number of pyridine rings is 1. The number of halogens is 1. The van der Waals surface area contributed by atoms with E-state index in [0.29, 0.717) is 10.7 Å². The van der Waals surface area contributed by atoms with Crippen molar-refractivity contribution in [3.8, 4) is 11.1 Å². The molecule has 5 nitrogen and oxygen atoms in total. The predicted molar refractivity (Wildman–Crippen MR) is 92.6 cm³/mol. The van der Waals surface area contributed by atoms with Gasteiger partial charge in [0.2, 0.25) is 0 Å². The Balaban J connectivity index is 1.71. The van der Waals surface area contributed by atoms with E-state index in [1.807, 2.05) is 31.2 Å². The summed E-state index contributed by atoms with van der Waals surface area (Å²) in [6, 6.07) is 11.0. The first kappa shape index (κ1) is 16.1. The molecule has 120 valence electrons. The molecule has 1 atom stereocenters.